The van der Waals surface area contributed by atoms with E-state index in [0.717, 1.165) is 25.3 Å². The quantitative estimate of drug-likeness (QED) is 0.731. The summed E-state index contributed by atoms with van der Waals surface area (Å²) in [6, 6.07) is 0.405. The fourth-order valence-corrected chi connectivity index (χ4v) is 1.80. The van der Waals surface area contributed by atoms with Gasteiger partial charge in [-0.3, -0.25) is 0 Å². The van der Waals surface area contributed by atoms with Gasteiger partial charge in [-0.1, -0.05) is 27.7 Å². The normalized spacial score (nSPS) is 20.5. The summed E-state index contributed by atoms with van der Waals surface area (Å²) in [4.78, 5) is 0. The fraction of sp³-hybridized carbons (Fsp3) is 0.833. The van der Waals surface area contributed by atoms with Gasteiger partial charge < -0.3 is 10.1 Å². The maximum atomic E-state index is 5.64. The van der Waals surface area contributed by atoms with Crippen LogP contribution < -0.4 is 5.32 Å². The van der Waals surface area contributed by atoms with Gasteiger partial charge in [-0.25, -0.2) is 0 Å². The summed E-state index contributed by atoms with van der Waals surface area (Å²) >= 11 is 0. The number of ether oxygens (including phenoxy) is 1. The van der Waals surface area contributed by atoms with Crippen LogP contribution in [0.25, 0.3) is 0 Å². The molecule has 2 heteroatoms. The van der Waals surface area contributed by atoms with E-state index in [4.69, 9.17) is 4.74 Å². The number of hydrogen-bond acceptors (Lipinski definition) is 2. The van der Waals surface area contributed by atoms with Crippen LogP contribution in [0.1, 0.15) is 34.1 Å². The zero-order chi connectivity index (χ0) is 10.6. The third-order valence-electron chi connectivity index (χ3n) is 3.04. The minimum absolute atomic E-state index is 0.405. The van der Waals surface area contributed by atoms with Crippen molar-refractivity contribution in [2.45, 2.75) is 40.2 Å². The first-order chi connectivity index (χ1) is 6.66. The molecule has 1 aliphatic rings. The Morgan fingerprint density at radius 1 is 1.43 bits per heavy atom. The monoisotopic (exact) mass is 197 g/mol. The van der Waals surface area contributed by atoms with Gasteiger partial charge in [-0.05, 0) is 24.5 Å². The van der Waals surface area contributed by atoms with Crippen molar-refractivity contribution in [1.29, 1.82) is 0 Å². The van der Waals surface area contributed by atoms with Gasteiger partial charge in [-0.2, -0.15) is 0 Å². The van der Waals surface area contributed by atoms with Crippen LogP contribution in [0.3, 0.4) is 0 Å². The van der Waals surface area contributed by atoms with Crippen molar-refractivity contribution >= 4 is 0 Å². The third kappa shape index (κ3) is 2.74. The lowest BCUT2D eigenvalue weighted by Crippen LogP contribution is -2.39. The molecular formula is C12H23NO. The highest BCUT2D eigenvalue weighted by Gasteiger charge is 2.25. The molecule has 0 aromatic carbocycles. The maximum Gasteiger partial charge on any atom is 0.109 e. The van der Waals surface area contributed by atoms with Gasteiger partial charge in [0.05, 0.1) is 12.6 Å². The van der Waals surface area contributed by atoms with Gasteiger partial charge in [-0.15, -0.1) is 0 Å². The topological polar surface area (TPSA) is 21.3 Å². The van der Waals surface area contributed by atoms with Crippen LogP contribution in [-0.2, 0) is 4.74 Å². The molecule has 0 saturated heterocycles. The van der Waals surface area contributed by atoms with Crippen LogP contribution in [0.5, 0.6) is 0 Å². The van der Waals surface area contributed by atoms with Crippen LogP contribution in [0.15, 0.2) is 11.8 Å². The van der Waals surface area contributed by atoms with Crippen LogP contribution in [0.2, 0.25) is 0 Å². The third-order valence-corrected chi connectivity index (χ3v) is 3.04. The predicted octanol–water partition coefficient (Wildman–Crippen LogP) is 2.56. The van der Waals surface area contributed by atoms with Crippen molar-refractivity contribution in [3.63, 3.8) is 0 Å². The van der Waals surface area contributed by atoms with Crippen molar-refractivity contribution in [3.05, 3.63) is 11.8 Å². The van der Waals surface area contributed by atoms with E-state index in [2.05, 4.69) is 39.1 Å². The second-order valence-electron chi connectivity index (χ2n) is 4.38. The Bertz CT molecular complexity index is 198. The summed E-state index contributed by atoms with van der Waals surface area (Å²) in [5.74, 6) is 2.47. The number of hydrogen-bond donors (Lipinski definition) is 1. The molecular weight excluding hydrogens is 174 g/mol. The molecule has 14 heavy (non-hydrogen) atoms. The van der Waals surface area contributed by atoms with Gasteiger partial charge in [0.25, 0.3) is 0 Å². The average Bonchev–Trinajstić information content (AvgIpc) is 2.65. The van der Waals surface area contributed by atoms with Gasteiger partial charge in [0.1, 0.15) is 5.76 Å². The van der Waals surface area contributed by atoms with Crippen molar-refractivity contribution in [1.82, 2.24) is 5.32 Å². The van der Waals surface area contributed by atoms with E-state index in [0.29, 0.717) is 17.9 Å². The standard InChI is InChI=1S/C12H23NO/c1-5-13-12(10(4)9(2)3)11-7-6-8-14-11/h7,9-10,12-13H,5-6,8H2,1-4H3. The molecule has 0 aromatic rings. The summed E-state index contributed by atoms with van der Waals surface area (Å²) in [5, 5.41) is 3.51. The molecule has 1 aliphatic heterocycles. The van der Waals surface area contributed by atoms with Crippen molar-refractivity contribution < 1.29 is 4.74 Å². The van der Waals surface area contributed by atoms with Crippen molar-refractivity contribution in [2.24, 2.45) is 11.8 Å². The Kier molecular flexibility index (Phi) is 4.46. The van der Waals surface area contributed by atoms with E-state index in [1.54, 1.807) is 0 Å². The summed E-state index contributed by atoms with van der Waals surface area (Å²) in [6.07, 6.45) is 3.30. The zero-order valence-electron chi connectivity index (χ0n) is 9.84. The van der Waals surface area contributed by atoms with Crippen LogP contribution in [0, 0.1) is 11.8 Å². The number of rotatable bonds is 5. The molecule has 2 unspecified atom stereocenters. The van der Waals surface area contributed by atoms with Crippen molar-refractivity contribution in [2.75, 3.05) is 13.2 Å². The van der Waals surface area contributed by atoms with Crippen molar-refractivity contribution in [3.8, 4) is 0 Å². The molecule has 1 heterocycles. The van der Waals surface area contributed by atoms with E-state index in [9.17, 15) is 0 Å². The molecule has 0 fully saturated rings. The molecule has 0 radical (unpaired) electrons. The zero-order valence-corrected chi connectivity index (χ0v) is 9.84. The van der Waals surface area contributed by atoms with E-state index in [-0.39, 0.29) is 0 Å². The molecule has 0 aromatic heterocycles. The summed E-state index contributed by atoms with van der Waals surface area (Å²) in [5.41, 5.74) is 0. The smallest absolute Gasteiger partial charge is 0.109 e. The average molecular weight is 197 g/mol. The molecule has 0 saturated carbocycles. The molecule has 82 valence electrons. The highest BCUT2D eigenvalue weighted by Crippen LogP contribution is 2.24. The SMILES string of the molecule is CCNC(C1=CCCO1)C(C)C(C)C. The summed E-state index contributed by atoms with van der Waals surface area (Å²) in [7, 11) is 0. The van der Waals surface area contributed by atoms with E-state index in [1.165, 1.54) is 0 Å². The highest BCUT2D eigenvalue weighted by molar-refractivity contribution is 5.08. The molecule has 2 nitrogen and oxygen atoms in total. The van der Waals surface area contributed by atoms with Crippen LogP contribution in [0.4, 0.5) is 0 Å². The Balaban J connectivity index is 2.62. The minimum atomic E-state index is 0.405. The lowest BCUT2D eigenvalue weighted by Gasteiger charge is -2.28. The Labute approximate surface area is 87.7 Å². The Hall–Kier alpha value is -0.500. The lowest BCUT2D eigenvalue weighted by atomic mass is 9.89. The molecule has 0 bridgehead atoms. The molecule has 2 atom stereocenters. The summed E-state index contributed by atoms with van der Waals surface area (Å²) in [6.45, 7) is 10.8. The van der Waals surface area contributed by atoms with Gasteiger partial charge in [0.2, 0.25) is 0 Å². The maximum absolute atomic E-state index is 5.64. The van der Waals surface area contributed by atoms with Gasteiger partial charge >= 0.3 is 0 Å². The van der Waals surface area contributed by atoms with E-state index in [1.807, 2.05) is 0 Å². The summed E-state index contributed by atoms with van der Waals surface area (Å²) < 4.78 is 5.64. The highest BCUT2D eigenvalue weighted by atomic mass is 16.5. The van der Waals surface area contributed by atoms with E-state index >= 15 is 0 Å². The largest absolute Gasteiger partial charge is 0.496 e. The van der Waals surface area contributed by atoms with Crippen LogP contribution >= 0.6 is 0 Å². The molecule has 1 rings (SSSR count). The van der Waals surface area contributed by atoms with E-state index < -0.39 is 0 Å². The Morgan fingerprint density at radius 2 is 2.14 bits per heavy atom. The second kappa shape index (κ2) is 5.40. The van der Waals surface area contributed by atoms with Gasteiger partial charge in [0, 0.05) is 6.42 Å². The Morgan fingerprint density at radius 3 is 2.57 bits per heavy atom. The number of nitrogens with one attached hydrogen (secondary N) is 1. The first-order valence-electron chi connectivity index (χ1n) is 5.73. The molecule has 0 amide bonds. The first-order valence-corrected chi connectivity index (χ1v) is 5.73. The minimum Gasteiger partial charge on any atom is -0.496 e. The van der Waals surface area contributed by atoms with Gasteiger partial charge in [0.15, 0.2) is 0 Å². The fourth-order valence-electron chi connectivity index (χ4n) is 1.80. The number of likely N-dealkylation sites (N-methyl/N-ethyl adjacent to an activating group) is 1. The molecule has 0 spiro atoms. The first kappa shape index (κ1) is 11.6. The molecule has 1 N–H and O–H groups in total. The lowest BCUT2D eigenvalue weighted by molar-refractivity contribution is 0.183. The second-order valence-corrected chi connectivity index (χ2v) is 4.38. The predicted molar refractivity (Wildman–Crippen MR) is 60.1 cm³/mol. The molecule has 0 aliphatic carbocycles. The van der Waals surface area contributed by atoms with Crippen LogP contribution in [-0.4, -0.2) is 19.2 Å².